The van der Waals surface area contributed by atoms with E-state index in [0.717, 1.165) is 26.8 Å². The van der Waals surface area contributed by atoms with Crippen LogP contribution in [0.2, 0.25) is 0 Å². The van der Waals surface area contributed by atoms with Gasteiger partial charge in [0.15, 0.2) is 11.2 Å². The fourth-order valence-corrected chi connectivity index (χ4v) is 4.14. The molecule has 0 bridgehead atoms. The number of benzene rings is 2. The minimum Gasteiger partial charge on any atom is -0.462 e. The van der Waals surface area contributed by atoms with Gasteiger partial charge in [0.05, 0.1) is 28.9 Å². The van der Waals surface area contributed by atoms with Gasteiger partial charge in [0, 0.05) is 18.1 Å². The van der Waals surface area contributed by atoms with Gasteiger partial charge < -0.3 is 14.9 Å². The average Bonchev–Trinajstić information content (AvgIpc) is 2.92. The number of pyridine rings is 2. The van der Waals surface area contributed by atoms with Gasteiger partial charge >= 0.3 is 11.5 Å². The Morgan fingerprint density at radius 2 is 1.78 bits per heavy atom. The highest BCUT2D eigenvalue weighted by atomic mass is 16.7. The SMILES string of the molecule is CCOC(=O)c1c(NCc2cnc3ccccc3c2)c2c(C)ncnc2n(OCc2ccccc2)c1=O. The second-order valence-electron chi connectivity index (χ2n) is 8.38. The number of carbonyl (C=O) groups excluding carboxylic acids is 1. The number of nitrogens with one attached hydrogen (secondary N) is 1. The highest BCUT2D eigenvalue weighted by Crippen LogP contribution is 2.27. The normalized spacial score (nSPS) is 11.0. The van der Waals surface area contributed by atoms with Gasteiger partial charge in [0.25, 0.3) is 0 Å². The molecule has 5 aromatic rings. The number of hydrogen-bond donors (Lipinski definition) is 1. The minimum absolute atomic E-state index is 0.108. The van der Waals surface area contributed by atoms with Crippen LogP contribution in [0.5, 0.6) is 0 Å². The van der Waals surface area contributed by atoms with E-state index in [4.69, 9.17) is 9.57 Å². The Morgan fingerprint density at radius 3 is 2.59 bits per heavy atom. The number of hydrogen-bond acceptors (Lipinski definition) is 8. The third-order valence-corrected chi connectivity index (χ3v) is 5.91. The molecule has 0 aliphatic rings. The molecule has 0 saturated carbocycles. The number of para-hydroxylation sites is 1. The molecule has 9 nitrogen and oxygen atoms in total. The summed E-state index contributed by atoms with van der Waals surface area (Å²) in [6.45, 7) is 4.00. The number of aryl methyl sites for hydroxylation is 1. The highest BCUT2D eigenvalue weighted by Gasteiger charge is 2.26. The van der Waals surface area contributed by atoms with Crippen molar-refractivity contribution in [2.45, 2.75) is 27.0 Å². The van der Waals surface area contributed by atoms with E-state index in [1.807, 2.05) is 60.7 Å². The van der Waals surface area contributed by atoms with Crippen LogP contribution in [0.1, 0.15) is 34.1 Å². The molecule has 0 fully saturated rings. The first kappa shape index (κ1) is 23.9. The van der Waals surface area contributed by atoms with Gasteiger partial charge in [-0.2, -0.15) is 0 Å². The number of esters is 1. The van der Waals surface area contributed by atoms with Crippen LogP contribution in [0.3, 0.4) is 0 Å². The van der Waals surface area contributed by atoms with E-state index in [1.54, 1.807) is 20.0 Å². The third kappa shape index (κ3) is 4.84. The number of nitrogens with zero attached hydrogens (tertiary/aromatic N) is 4. The molecule has 1 N–H and O–H groups in total. The molecule has 0 aliphatic carbocycles. The molecule has 3 aromatic heterocycles. The van der Waals surface area contributed by atoms with E-state index in [0.29, 0.717) is 23.3 Å². The summed E-state index contributed by atoms with van der Waals surface area (Å²) in [5, 5.41) is 4.75. The zero-order valence-corrected chi connectivity index (χ0v) is 20.5. The standard InChI is InChI=1S/C28H25N5O4/c1-3-36-28(35)24-25(30-15-20-13-21-11-7-8-12-22(21)29-14-20)23-18(2)31-17-32-26(23)33(27(24)34)37-16-19-9-5-4-6-10-19/h4-14,17,30H,3,15-16H2,1-2H3. The van der Waals surface area contributed by atoms with Crippen LogP contribution < -0.4 is 15.7 Å². The molecule has 3 heterocycles. The molecular weight excluding hydrogens is 470 g/mol. The summed E-state index contributed by atoms with van der Waals surface area (Å²) in [7, 11) is 0. The van der Waals surface area contributed by atoms with E-state index in [9.17, 15) is 9.59 Å². The van der Waals surface area contributed by atoms with Crippen molar-refractivity contribution >= 4 is 33.6 Å². The molecule has 0 saturated heterocycles. The Balaban J connectivity index is 1.61. The average molecular weight is 496 g/mol. The summed E-state index contributed by atoms with van der Waals surface area (Å²) < 4.78 is 6.31. The van der Waals surface area contributed by atoms with Crippen molar-refractivity contribution in [3.05, 3.63) is 106 Å². The van der Waals surface area contributed by atoms with Crippen LogP contribution in [0, 0.1) is 6.92 Å². The fourth-order valence-electron chi connectivity index (χ4n) is 4.14. The lowest BCUT2D eigenvalue weighted by molar-refractivity contribution is 0.0513. The first-order valence-electron chi connectivity index (χ1n) is 11.9. The third-order valence-electron chi connectivity index (χ3n) is 5.91. The summed E-state index contributed by atoms with van der Waals surface area (Å²) in [6.07, 6.45) is 3.12. The Kier molecular flexibility index (Phi) is 6.76. The Morgan fingerprint density at radius 1 is 1.00 bits per heavy atom. The van der Waals surface area contributed by atoms with Crippen molar-refractivity contribution in [1.29, 1.82) is 0 Å². The molecule has 9 heteroatoms. The van der Waals surface area contributed by atoms with E-state index < -0.39 is 11.5 Å². The van der Waals surface area contributed by atoms with E-state index in [2.05, 4.69) is 20.3 Å². The summed E-state index contributed by atoms with van der Waals surface area (Å²) in [5.74, 6) is -0.756. The predicted molar refractivity (Wildman–Crippen MR) is 140 cm³/mol. The van der Waals surface area contributed by atoms with Crippen LogP contribution in [0.15, 0.2) is 78.0 Å². The second-order valence-corrected chi connectivity index (χ2v) is 8.38. The lowest BCUT2D eigenvalue weighted by Crippen LogP contribution is -2.34. The Labute approximate surface area is 212 Å². The van der Waals surface area contributed by atoms with Gasteiger partial charge in [-0.15, -0.1) is 4.73 Å². The maximum Gasteiger partial charge on any atom is 0.346 e. The first-order valence-corrected chi connectivity index (χ1v) is 11.9. The van der Waals surface area contributed by atoms with Gasteiger partial charge in [0.2, 0.25) is 0 Å². The molecule has 5 rings (SSSR count). The van der Waals surface area contributed by atoms with Crippen molar-refractivity contribution in [1.82, 2.24) is 19.7 Å². The molecule has 0 atom stereocenters. The molecule has 0 aliphatic heterocycles. The lowest BCUT2D eigenvalue weighted by atomic mass is 10.1. The van der Waals surface area contributed by atoms with Crippen LogP contribution in [-0.2, 0) is 17.9 Å². The van der Waals surface area contributed by atoms with Gasteiger partial charge in [-0.3, -0.25) is 9.78 Å². The monoisotopic (exact) mass is 495 g/mol. The molecule has 2 aromatic carbocycles. The number of fused-ring (bicyclic) bond motifs is 2. The van der Waals surface area contributed by atoms with Gasteiger partial charge in [-0.05, 0) is 37.1 Å². The van der Waals surface area contributed by atoms with Crippen molar-refractivity contribution in [2.75, 3.05) is 11.9 Å². The molecular formula is C28H25N5O4. The zero-order valence-electron chi connectivity index (χ0n) is 20.5. The summed E-state index contributed by atoms with van der Waals surface area (Å²) in [5.41, 5.74) is 2.90. The smallest absolute Gasteiger partial charge is 0.346 e. The van der Waals surface area contributed by atoms with Gasteiger partial charge in [0.1, 0.15) is 12.9 Å². The largest absolute Gasteiger partial charge is 0.462 e. The Bertz CT molecular complexity index is 1650. The minimum atomic E-state index is -0.756. The van der Waals surface area contributed by atoms with Crippen LogP contribution >= 0.6 is 0 Å². The van der Waals surface area contributed by atoms with Crippen molar-refractivity contribution in [2.24, 2.45) is 0 Å². The van der Waals surface area contributed by atoms with Crippen LogP contribution in [0.4, 0.5) is 5.69 Å². The summed E-state index contributed by atoms with van der Waals surface area (Å²) >= 11 is 0. The molecule has 0 radical (unpaired) electrons. The molecule has 37 heavy (non-hydrogen) atoms. The maximum absolute atomic E-state index is 13.7. The van der Waals surface area contributed by atoms with Crippen LogP contribution in [-0.4, -0.2) is 32.3 Å². The maximum atomic E-state index is 13.7. The topological polar surface area (TPSA) is 108 Å². The zero-order chi connectivity index (χ0) is 25.8. The molecule has 0 spiro atoms. The lowest BCUT2D eigenvalue weighted by Gasteiger charge is -2.18. The highest BCUT2D eigenvalue weighted by molar-refractivity contribution is 6.05. The molecule has 0 unspecified atom stereocenters. The van der Waals surface area contributed by atoms with E-state index in [1.165, 1.54) is 6.33 Å². The second kappa shape index (κ2) is 10.4. The molecule has 0 amide bonds. The summed E-state index contributed by atoms with van der Waals surface area (Å²) in [6, 6.07) is 19.2. The number of rotatable bonds is 8. The number of anilines is 1. The predicted octanol–water partition coefficient (Wildman–Crippen LogP) is 4.07. The molecule has 186 valence electrons. The van der Waals surface area contributed by atoms with E-state index >= 15 is 0 Å². The number of aromatic nitrogens is 4. The first-order chi connectivity index (χ1) is 18.1. The summed E-state index contributed by atoms with van der Waals surface area (Å²) in [4.78, 5) is 45.8. The quantitative estimate of drug-likeness (QED) is 0.321. The van der Waals surface area contributed by atoms with Crippen molar-refractivity contribution < 1.29 is 14.4 Å². The van der Waals surface area contributed by atoms with Gasteiger partial charge in [-0.1, -0.05) is 48.5 Å². The van der Waals surface area contributed by atoms with Crippen molar-refractivity contribution in [3.8, 4) is 0 Å². The number of ether oxygens (including phenoxy) is 1. The van der Waals surface area contributed by atoms with Crippen molar-refractivity contribution in [3.63, 3.8) is 0 Å². The van der Waals surface area contributed by atoms with Gasteiger partial charge in [-0.25, -0.2) is 14.8 Å². The van der Waals surface area contributed by atoms with E-state index in [-0.39, 0.29) is 24.4 Å². The fraction of sp³-hybridized carbons (Fsp3) is 0.179. The Hall–Kier alpha value is -4.79. The van der Waals surface area contributed by atoms with Crippen LogP contribution in [0.25, 0.3) is 21.9 Å². The number of carbonyl (C=O) groups is 1.